The summed E-state index contributed by atoms with van der Waals surface area (Å²) in [6, 6.07) is 6.70. The molecule has 3 unspecified atom stereocenters. The topological polar surface area (TPSA) is 30.5 Å². The van der Waals surface area contributed by atoms with E-state index in [1.165, 1.54) is 11.1 Å². The van der Waals surface area contributed by atoms with Gasteiger partial charge in [-0.05, 0) is 32.4 Å². The van der Waals surface area contributed by atoms with Gasteiger partial charge in [-0.25, -0.2) is 0 Å². The van der Waals surface area contributed by atoms with Crippen LogP contribution in [0.25, 0.3) is 0 Å². The Bertz CT molecular complexity index is 433. The molecule has 3 nitrogen and oxygen atoms in total. The van der Waals surface area contributed by atoms with Crippen molar-refractivity contribution in [3.05, 3.63) is 29.3 Å². The van der Waals surface area contributed by atoms with E-state index in [2.05, 4.69) is 30.4 Å². The standard InChI is InChI=1S/C15H21NO2/c1-10-6-7-13(18-10)14(16-2)12-5-3-4-11-8-9-17-15(11)12/h3-5,10,13-14,16H,6-9H2,1-2H3. The molecule has 18 heavy (non-hydrogen) atoms. The van der Waals surface area contributed by atoms with Crippen LogP contribution in [-0.2, 0) is 11.2 Å². The fourth-order valence-corrected chi connectivity index (χ4v) is 3.11. The molecule has 2 aliphatic heterocycles. The van der Waals surface area contributed by atoms with E-state index in [-0.39, 0.29) is 12.1 Å². The normalized spacial score (nSPS) is 27.9. The second-order valence-electron chi connectivity index (χ2n) is 5.26. The lowest BCUT2D eigenvalue weighted by atomic mass is 9.96. The number of ether oxygens (including phenoxy) is 2. The lowest BCUT2D eigenvalue weighted by Crippen LogP contribution is -2.29. The van der Waals surface area contributed by atoms with Gasteiger partial charge in [0, 0.05) is 12.0 Å². The highest BCUT2D eigenvalue weighted by molar-refractivity contribution is 5.46. The Labute approximate surface area is 108 Å². The maximum absolute atomic E-state index is 6.01. The van der Waals surface area contributed by atoms with Crippen LogP contribution in [0.3, 0.4) is 0 Å². The minimum absolute atomic E-state index is 0.239. The molecule has 1 aromatic rings. The zero-order valence-electron chi connectivity index (χ0n) is 11.1. The predicted octanol–water partition coefficient (Wildman–Crippen LogP) is 2.45. The summed E-state index contributed by atoms with van der Waals surface area (Å²) in [6.07, 6.45) is 3.94. The van der Waals surface area contributed by atoms with Crippen LogP contribution in [0.2, 0.25) is 0 Å². The molecule has 0 aromatic heterocycles. The highest BCUT2D eigenvalue weighted by Gasteiger charge is 2.32. The Morgan fingerprint density at radius 1 is 1.33 bits per heavy atom. The summed E-state index contributed by atoms with van der Waals surface area (Å²) in [5, 5.41) is 3.41. The Kier molecular flexibility index (Phi) is 3.27. The number of likely N-dealkylation sites (N-methyl/N-ethyl adjacent to an activating group) is 1. The molecule has 1 aromatic carbocycles. The third kappa shape index (κ3) is 2.02. The first kappa shape index (κ1) is 12.0. The first-order valence-corrected chi connectivity index (χ1v) is 6.87. The van der Waals surface area contributed by atoms with Crippen LogP contribution >= 0.6 is 0 Å². The van der Waals surface area contributed by atoms with E-state index in [0.29, 0.717) is 6.10 Å². The SMILES string of the molecule is CNC(c1cccc2c1OCC2)C1CCC(C)O1. The van der Waals surface area contributed by atoms with Crippen molar-refractivity contribution in [2.24, 2.45) is 0 Å². The van der Waals surface area contributed by atoms with Crippen molar-refractivity contribution in [3.8, 4) is 5.75 Å². The molecular weight excluding hydrogens is 226 g/mol. The van der Waals surface area contributed by atoms with Crippen molar-refractivity contribution < 1.29 is 9.47 Å². The predicted molar refractivity (Wildman–Crippen MR) is 71.0 cm³/mol. The highest BCUT2D eigenvalue weighted by atomic mass is 16.5. The van der Waals surface area contributed by atoms with Crippen LogP contribution in [0.1, 0.15) is 36.9 Å². The summed E-state index contributed by atoms with van der Waals surface area (Å²) in [6.45, 7) is 2.96. The third-order valence-electron chi connectivity index (χ3n) is 4.03. The van der Waals surface area contributed by atoms with E-state index in [1.807, 2.05) is 7.05 Å². The van der Waals surface area contributed by atoms with Crippen molar-refractivity contribution in [1.29, 1.82) is 0 Å². The second-order valence-corrected chi connectivity index (χ2v) is 5.26. The number of para-hydroxylation sites is 1. The van der Waals surface area contributed by atoms with E-state index in [9.17, 15) is 0 Å². The van der Waals surface area contributed by atoms with E-state index in [4.69, 9.17) is 9.47 Å². The average Bonchev–Trinajstić information content (AvgIpc) is 2.99. The molecule has 2 aliphatic rings. The number of benzene rings is 1. The number of rotatable bonds is 3. The minimum atomic E-state index is 0.239. The molecule has 98 valence electrons. The molecule has 1 fully saturated rings. The Morgan fingerprint density at radius 3 is 2.94 bits per heavy atom. The van der Waals surface area contributed by atoms with Gasteiger partial charge in [-0.1, -0.05) is 18.2 Å². The fraction of sp³-hybridized carbons (Fsp3) is 0.600. The smallest absolute Gasteiger partial charge is 0.127 e. The van der Waals surface area contributed by atoms with E-state index in [0.717, 1.165) is 31.6 Å². The van der Waals surface area contributed by atoms with Crippen molar-refractivity contribution in [1.82, 2.24) is 5.32 Å². The first-order valence-electron chi connectivity index (χ1n) is 6.87. The van der Waals surface area contributed by atoms with Crippen LogP contribution in [0, 0.1) is 0 Å². The maximum atomic E-state index is 6.01. The van der Waals surface area contributed by atoms with Gasteiger partial charge >= 0.3 is 0 Å². The summed E-state index contributed by atoms with van der Waals surface area (Å²) >= 11 is 0. The lowest BCUT2D eigenvalue weighted by Gasteiger charge is -2.25. The zero-order valence-corrected chi connectivity index (χ0v) is 11.1. The molecule has 1 saturated heterocycles. The van der Waals surface area contributed by atoms with E-state index >= 15 is 0 Å². The van der Waals surface area contributed by atoms with E-state index < -0.39 is 0 Å². The lowest BCUT2D eigenvalue weighted by molar-refractivity contribution is 0.0328. The number of nitrogens with one attached hydrogen (secondary N) is 1. The molecule has 0 radical (unpaired) electrons. The van der Waals surface area contributed by atoms with Crippen molar-refractivity contribution in [2.75, 3.05) is 13.7 Å². The van der Waals surface area contributed by atoms with Crippen LogP contribution < -0.4 is 10.1 Å². The van der Waals surface area contributed by atoms with Gasteiger partial charge in [0.25, 0.3) is 0 Å². The second kappa shape index (κ2) is 4.90. The molecule has 0 bridgehead atoms. The van der Waals surface area contributed by atoms with Gasteiger partial charge in [0.1, 0.15) is 5.75 Å². The van der Waals surface area contributed by atoms with Crippen LogP contribution in [-0.4, -0.2) is 25.9 Å². The summed E-state index contributed by atoms with van der Waals surface area (Å²) in [5.41, 5.74) is 2.59. The first-order chi connectivity index (χ1) is 8.79. The van der Waals surface area contributed by atoms with Crippen molar-refractivity contribution >= 4 is 0 Å². The van der Waals surface area contributed by atoms with Gasteiger partial charge < -0.3 is 14.8 Å². The van der Waals surface area contributed by atoms with Crippen LogP contribution in [0.5, 0.6) is 5.75 Å². The summed E-state index contributed by atoms with van der Waals surface area (Å²) < 4.78 is 11.8. The molecule has 2 heterocycles. The number of fused-ring (bicyclic) bond motifs is 1. The Balaban J connectivity index is 1.90. The quantitative estimate of drug-likeness (QED) is 0.890. The highest BCUT2D eigenvalue weighted by Crippen LogP contribution is 2.38. The summed E-state index contributed by atoms with van der Waals surface area (Å²) in [7, 11) is 2.01. The Hall–Kier alpha value is -1.06. The average molecular weight is 247 g/mol. The van der Waals surface area contributed by atoms with Gasteiger partial charge in [0.05, 0.1) is 24.9 Å². The molecule has 3 heteroatoms. The molecule has 0 saturated carbocycles. The molecular formula is C15H21NO2. The van der Waals surface area contributed by atoms with Crippen LogP contribution in [0.15, 0.2) is 18.2 Å². The molecule has 1 N–H and O–H groups in total. The Morgan fingerprint density at radius 2 is 2.22 bits per heavy atom. The number of hydrogen-bond donors (Lipinski definition) is 1. The van der Waals surface area contributed by atoms with Crippen molar-refractivity contribution in [2.45, 2.75) is 44.4 Å². The van der Waals surface area contributed by atoms with E-state index in [1.54, 1.807) is 0 Å². The monoisotopic (exact) mass is 247 g/mol. The molecule has 0 aliphatic carbocycles. The van der Waals surface area contributed by atoms with Gasteiger partial charge in [-0.3, -0.25) is 0 Å². The molecule has 0 spiro atoms. The fourth-order valence-electron chi connectivity index (χ4n) is 3.11. The molecule has 3 atom stereocenters. The summed E-state index contributed by atoms with van der Waals surface area (Å²) in [4.78, 5) is 0. The zero-order chi connectivity index (χ0) is 12.5. The molecule has 3 rings (SSSR count). The molecule has 0 amide bonds. The maximum Gasteiger partial charge on any atom is 0.127 e. The van der Waals surface area contributed by atoms with Gasteiger partial charge in [-0.15, -0.1) is 0 Å². The minimum Gasteiger partial charge on any atom is -0.493 e. The van der Waals surface area contributed by atoms with Gasteiger partial charge in [0.2, 0.25) is 0 Å². The largest absolute Gasteiger partial charge is 0.493 e. The van der Waals surface area contributed by atoms with Gasteiger partial charge in [-0.2, -0.15) is 0 Å². The van der Waals surface area contributed by atoms with Gasteiger partial charge in [0.15, 0.2) is 0 Å². The van der Waals surface area contributed by atoms with Crippen LogP contribution in [0.4, 0.5) is 0 Å². The number of hydrogen-bond acceptors (Lipinski definition) is 3. The van der Waals surface area contributed by atoms with Crippen molar-refractivity contribution in [3.63, 3.8) is 0 Å². The third-order valence-corrected chi connectivity index (χ3v) is 4.03. The summed E-state index contributed by atoms with van der Waals surface area (Å²) in [5.74, 6) is 1.08.